The molecule has 0 saturated heterocycles. The summed E-state index contributed by atoms with van der Waals surface area (Å²) in [5.74, 6) is 0.336. The lowest BCUT2D eigenvalue weighted by atomic mass is 9.89. The summed E-state index contributed by atoms with van der Waals surface area (Å²) in [5.41, 5.74) is 2.78. The van der Waals surface area contributed by atoms with E-state index >= 15 is 0 Å². The van der Waals surface area contributed by atoms with Crippen LogP contribution in [-0.2, 0) is 16.0 Å². The van der Waals surface area contributed by atoms with Gasteiger partial charge in [-0.1, -0.05) is 31.2 Å². The van der Waals surface area contributed by atoms with Gasteiger partial charge in [0.1, 0.15) is 5.78 Å². The number of rotatable bonds is 6. The summed E-state index contributed by atoms with van der Waals surface area (Å²) in [6.07, 6.45) is 5.88. The van der Waals surface area contributed by atoms with Crippen LogP contribution < -0.4 is 0 Å². The lowest BCUT2D eigenvalue weighted by Gasteiger charge is -2.25. The zero-order valence-corrected chi connectivity index (χ0v) is 11.2. The van der Waals surface area contributed by atoms with Crippen molar-refractivity contribution in [2.45, 2.75) is 51.6 Å². The van der Waals surface area contributed by atoms with E-state index in [1.54, 1.807) is 0 Å². The number of carbonyl (C=O) groups is 1. The molecular weight excluding hydrogens is 224 g/mol. The van der Waals surface area contributed by atoms with Gasteiger partial charge < -0.3 is 4.74 Å². The molecule has 2 nitrogen and oxygen atoms in total. The average Bonchev–Trinajstić information content (AvgIpc) is 2.43. The van der Waals surface area contributed by atoms with E-state index in [2.05, 4.69) is 24.3 Å². The van der Waals surface area contributed by atoms with Crippen molar-refractivity contribution in [3.05, 3.63) is 35.4 Å². The minimum Gasteiger partial charge on any atom is -0.374 e. The number of hydrogen-bond acceptors (Lipinski definition) is 2. The van der Waals surface area contributed by atoms with Gasteiger partial charge in [-0.25, -0.2) is 0 Å². The SMILES string of the molecule is CCC(=O)CCCOC1CCCc2ccccc21. The molecule has 1 unspecified atom stereocenters. The first-order valence-corrected chi connectivity index (χ1v) is 7.02. The van der Waals surface area contributed by atoms with Gasteiger partial charge in [-0.3, -0.25) is 4.79 Å². The fraction of sp³-hybridized carbons (Fsp3) is 0.562. The highest BCUT2D eigenvalue weighted by atomic mass is 16.5. The van der Waals surface area contributed by atoms with E-state index in [4.69, 9.17) is 4.74 Å². The zero-order chi connectivity index (χ0) is 12.8. The van der Waals surface area contributed by atoms with Crippen molar-refractivity contribution in [3.8, 4) is 0 Å². The van der Waals surface area contributed by atoms with Crippen LogP contribution >= 0.6 is 0 Å². The van der Waals surface area contributed by atoms with Crippen LogP contribution in [0.4, 0.5) is 0 Å². The van der Waals surface area contributed by atoms with E-state index in [1.165, 1.54) is 24.0 Å². The Morgan fingerprint density at radius 3 is 3.06 bits per heavy atom. The Kier molecular flexibility index (Phi) is 4.94. The second-order valence-electron chi connectivity index (χ2n) is 4.95. The summed E-state index contributed by atoms with van der Waals surface area (Å²) in [7, 11) is 0. The van der Waals surface area contributed by atoms with Gasteiger partial charge in [0, 0.05) is 19.4 Å². The molecule has 1 aliphatic carbocycles. The van der Waals surface area contributed by atoms with Gasteiger partial charge in [0.05, 0.1) is 6.10 Å². The largest absolute Gasteiger partial charge is 0.374 e. The van der Waals surface area contributed by atoms with Gasteiger partial charge in [-0.2, -0.15) is 0 Å². The summed E-state index contributed by atoms with van der Waals surface area (Å²) in [5, 5.41) is 0. The standard InChI is InChI=1S/C16H22O2/c1-2-14(17)9-6-12-18-16-11-5-8-13-7-3-4-10-15(13)16/h3-4,7,10,16H,2,5-6,8-9,11-12H2,1H3. The molecule has 0 bridgehead atoms. The highest BCUT2D eigenvalue weighted by Gasteiger charge is 2.19. The Hall–Kier alpha value is -1.15. The van der Waals surface area contributed by atoms with Crippen LogP contribution in [0.3, 0.4) is 0 Å². The number of aryl methyl sites for hydroxylation is 1. The van der Waals surface area contributed by atoms with Gasteiger partial charge >= 0.3 is 0 Å². The quantitative estimate of drug-likeness (QED) is 0.713. The average molecular weight is 246 g/mol. The summed E-state index contributed by atoms with van der Waals surface area (Å²) in [6, 6.07) is 8.56. The molecule has 0 radical (unpaired) electrons. The molecule has 0 amide bonds. The van der Waals surface area contributed by atoms with Gasteiger partial charge in [0.2, 0.25) is 0 Å². The number of ether oxygens (including phenoxy) is 1. The minimum atomic E-state index is 0.242. The van der Waals surface area contributed by atoms with Gasteiger partial charge in [-0.15, -0.1) is 0 Å². The molecule has 0 aliphatic heterocycles. The number of benzene rings is 1. The van der Waals surface area contributed by atoms with Crippen molar-refractivity contribution in [1.29, 1.82) is 0 Å². The maximum atomic E-state index is 11.2. The van der Waals surface area contributed by atoms with Crippen LogP contribution in [0.5, 0.6) is 0 Å². The van der Waals surface area contributed by atoms with Crippen molar-refractivity contribution in [2.75, 3.05) is 6.61 Å². The molecule has 0 heterocycles. The topological polar surface area (TPSA) is 26.3 Å². The molecular formula is C16H22O2. The second-order valence-corrected chi connectivity index (χ2v) is 4.95. The summed E-state index contributed by atoms with van der Waals surface area (Å²) >= 11 is 0. The Bertz CT molecular complexity index is 398. The molecule has 1 aromatic rings. The lowest BCUT2D eigenvalue weighted by Crippen LogP contribution is -2.13. The van der Waals surface area contributed by atoms with Crippen LogP contribution in [0.25, 0.3) is 0 Å². The van der Waals surface area contributed by atoms with E-state index in [0.717, 1.165) is 12.8 Å². The molecule has 0 saturated carbocycles. The van der Waals surface area contributed by atoms with Crippen molar-refractivity contribution in [2.24, 2.45) is 0 Å². The van der Waals surface area contributed by atoms with E-state index in [9.17, 15) is 4.79 Å². The monoisotopic (exact) mass is 246 g/mol. The fourth-order valence-electron chi connectivity index (χ4n) is 2.55. The first-order chi connectivity index (χ1) is 8.81. The number of hydrogen-bond donors (Lipinski definition) is 0. The first kappa shape index (κ1) is 13.3. The smallest absolute Gasteiger partial charge is 0.132 e. The second kappa shape index (κ2) is 6.69. The third kappa shape index (κ3) is 3.42. The number of fused-ring (bicyclic) bond motifs is 1. The van der Waals surface area contributed by atoms with Gasteiger partial charge in [0.15, 0.2) is 0 Å². The van der Waals surface area contributed by atoms with Crippen LogP contribution in [0.1, 0.15) is 56.3 Å². The van der Waals surface area contributed by atoms with E-state index in [1.807, 2.05) is 6.92 Å². The van der Waals surface area contributed by atoms with Crippen molar-refractivity contribution < 1.29 is 9.53 Å². The third-order valence-corrected chi connectivity index (χ3v) is 3.63. The van der Waals surface area contributed by atoms with Crippen LogP contribution in [0.2, 0.25) is 0 Å². The first-order valence-electron chi connectivity index (χ1n) is 7.02. The molecule has 1 atom stereocenters. The molecule has 1 aromatic carbocycles. The summed E-state index contributed by atoms with van der Waals surface area (Å²) < 4.78 is 5.95. The molecule has 98 valence electrons. The molecule has 0 aromatic heterocycles. The highest BCUT2D eigenvalue weighted by molar-refractivity contribution is 5.77. The zero-order valence-electron chi connectivity index (χ0n) is 11.2. The maximum Gasteiger partial charge on any atom is 0.132 e. The Morgan fingerprint density at radius 1 is 1.39 bits per heavy atom. The highest BCUT2D eigenvalue weighted by Crippen LogP contribution is 2.32. The predicted octanol–water partition coefficient (Wildman–Crippen LogP) is 3.84. The number of carbonyl (C=O) groups excluding carboxylic acids is 1. The lowest BCUT2D eigenvalue weighted by molar-refractivity contribution is -0.119. The molecule has 0 fully saturated rings. The van der Waals surface area contributed by atoms with Crippen LogP contribution in [-0.4, -0.2) is 12.4 Å². The van der Waals surface area contributed by atoms with Crippen molar-refractivity contribution in [1.82, 2.24) is 0 Å². The fourth-order valence-corrected chi connectivity index (χ4v) is 2.55. The summed E-state index contributed by atoms with van der Waals surface area (Å²) in [4.78, 5) is 11.2. The maximum absolute atomic E-state index is 11.2. The molecule has 2 heteroatoms. The van der Waals surface area contributed by atoms with E-state index in [0.29, 0.717) is 25.2 Å². The molecule has 0 spiro atoms. The summed E-state index contributed by atoms with van der Waals surface area (Å²) in [6.45, 7) is 2.62. The van der Waals surface area contributed by atoms with Gasteiger partial charge in [-0.05, 0) is 36.8 Å². The van der Waals surface area contributed by atoms with E-state index in [-0.39, 0.29) is 6.10 Å². The Morgan fingerprint density at radius 2 is 2.22 bits per heavy atom. The molecule has 0 N–H and O–H groups in total. The Balaban J connectivity index is 1.82. The van der Waals surface area contributed by atoms with Crippen LogP contribution in [0.15, 0.2) is 24.3 Å². The predicted molar refractivity (Wildman–Crippen MR) is 72.6 cm³/mol. The van der Waals surface area contributed by atoms with Crippen LogP contribution in [0, 0.1) is 0 Å². The van der Waals surface area contributed by atoms with Crippen molar-refractivity contribution in [3.63, 3.8) is 0 Å². The third-order valence-electron chi connectivity index (χ3n) is 3.63. The Labute approximate surface area is 109 Å². The van der Waals surface area contributed by atoms with Gasteiger partial charge in [0.25, 0.3) is 0 Å². The minimum absolute atomic E-state index is 0.242. The van der Waals surface area contributed by atoms with Crippen molar-refractivity contribution >= 4 is 5.78 Å². The number of ketones is 1. The normalized spacial score (nSPS) is 18.4. The number of Topliss-reactive ketones (excluding diaryl/α,β-unsaturated/α-hetero) is 1. The molecule has 2 rings (SSSR count). The molecule has 18 heavy (non-hydrogen) atoms. The van der Waals surface area contributed by atoms with E-state index < -0.39 is 0 Å². The molecule has 1 aliphatic rings.